The molecule has 1 heterocycles. The van der Waals surface area contributed by atoms with E-state index in [1.807, 2.05) is 36.4 Å². The van der Waals surface area contributed by atoms with Crippen molar-refractivity contribution < 1.29 is 9.53 Å². The molecule has 1 aromatic heterocycles. The van der Waals surface area contributed by atoms with Crippen LogP contribution in [0.1, 0.15) is 35.8 Å². The van der Waals surface area contributed by atoms with Crippen molar-refractivity contribution >= 4 is 18.2 Å². The number of benzene rings is 1. The van der Waals surface area contributed by atoms with Crippen LogP contribution in [-0.2, 0) is 6.42 Å². The highest BCUT2D eigenvalue weighted by Gasteiger charge is 2.25. The third kappa shape index (κ3) is 3.14. The van der Waals surface area contributed by atoms with Crippen molar-refractivity contribution in [1.82, 2.24) is 4.98 Å². The molecule has 1 aliphatic carbocycles. The van der Waals surface area contributed by atoms with Gasteiger partial charge in [0, 0.05) is 17.5 Å². The summed E-state index contributed by atoms with van der Waals surface area (Å²) < 4.78 is 5.17. The normalized spacial score (nSPS) is 16.6. The predicted molar refractivity (Wildman–Crippen MR) is 89.9 cm³/mol. The van der Waals surface area contributed by atoms with E-state index in [1.54, 1.807) is 7.11 Å². The number of carbonyl (C=O) groups excluding carboxylic acids is 1. The summed E-state index contributed by atoms with van der Waals surface area (Å²) in [5.41, 5.74) is 3.72. The lowest BCUT2D eigenvalue weighted by atomic mass is 9.84. The van der Waals surface area contributed by atoms with Gasteiger partial charge in [-0.2, -0.15) is 0 Å². The Morgan fingerprint density at radius 3 is 2.50 bits per heavy atom. The van der Waals surface area contributed by atoms with Crippen LogP contribution in [0.25, 0.3) is 11.3 Å². The van der Waals surface area contributed by atoms with Crippen molar-refractivity contribution in [2.75, 3.05) is 7.11 Å². The number of aromatic nitrogens is 1. The van der Waals surface area contributed by atoms with Gasteiger partial charge >= 0.3 is 0 Å². The highest BCUT2D eigenvalue weighted by atomic mass is 35.5. The Morgan fingerprint density at radius 1 is 1.14 bits per heavy atom. The van der Waals surface area contributed by atoms with E-state index in [0.717, 1.165) is 41.1 Å². The smallest absolute Gasteiger partial charge is 0.164 e. The van der Waals surface area contributed by atoms with Gasteiger partial charge in [-0.25, -0.2) is 0 Å². The van der Waals surface area contributed by atoms with Gasteiger partial charge < -0.3 is 4.74 Å². The molecule has 0 radical (unpaired) electrons. The standard InChI is InChI=1S/C18H19NO2.ClH/c1-3-12-10-17-15(18(20)11-12)8-9-16(19-17)13-4-6-14(21-2)7-5-13;/h4-9,12H,3,10-11H2,1-2H3;1H. The Labute approximate surface area is 137 Å². The topological polar surface area (TPSA) is 39.2 Å². The number of Topliss-reactive ketones (excluding diaryl/α,β-unsaturated/α-hetero) is 1. The molecule has 0 amide bonds. The number of halogens is 1. The highest BCUT2D eigenvalue weighted by Crippen LogP contribution is 2.29. The molecule has 0 aliphatic heterocycles. The maximum atomic E-state index is 12.1. The molecule has 1 aromatic carbocycles. The van der Waals surface area contributed by atoms with E-state index in [1.165, 1.54) is 0 Å². The first-order chi connectivity index (χ1) is 10.2. The Balaban J connectivity index is 0.00000176. The third-order valence-corrected chi connectivity index (χ3v) is 4.19. The zero-order chi connectivity index (χ0) is 14.8. The maximum absolute atomic E-state index is 12.1. The van der Waals surface area contributed by atoms with Crippen molar-refractivity contribution in [2.45, 2.75) is 26.2 Å². The summed E-state index contributed by atoms with van der Waals surface area (Å²) in [6, 6.07) is 11.7. The lowest BCUT2D eigenvalue weighted by Crippen LogP contribution is -2.20. The van der Waals surface area contributed by atoms with Gasteiger partial charge in [0.15, 0.2) is 5.78 Å². The average molecular weight is 318 g/mol. The lowest BCUT2D eigenvalue weighted by molar-refractivity contribution is 0.0946. The molecule has 3 rings (SSSR count). The molecule has 0 fully saturated rings. The Morgan fingerprint density at radius 2 is 1.86 bits per heavy atom. The number of rotatable bonds is 3. The third-order valence-electron chi connectivity index (χ3n) is 4.19. The largest absolute Gasteiger partial charge is 0.497 e. The van der Waals surface area contributed by atoms with Crippen molar-refractivity contribution in [3.8, 4) is 17.0 Å². The molecule has 22 heavy (non-hydrogen) atoms. The molecular formula is C18H20ClNO2. The molecule has 4 heteroatoms. The van der Waals surface area contributed by atoms with Crippen molar-refractivity contribution in [3.05, 3.63) is 47.7 Å². The summed E-state index contributed by atoms with van der Waals surface area (Å²) >= 11 is 0. The molecular weight excluding hydrogens is 298 g/mol. The zero-order valence-electron chi connectivity index (χ0n) is 12.8. The molecule has 1 atom stereocenters. The molecule has 1 aliphatic rings. The fourth-order valence-corrected chi connectivity index (χ4v) is 2.84. The van der Waals surface area contributed by atoms with E-state index in [4.69, 9.17) is 9.72 Å². The van der Waals surface area contributed by atoms with E-state index in [9.17, 15) is 4.79 Å². The number of ether oxygens (including phenoxy) is 1. The monoisotopic (exact) mass is 317 g/mol. The van der Waals surface area contributed by atoms with Gasteiger partial charge in [-0.3, -0.25) is 9.78 Å². The summed E-state index contributed by atoms with van der Waals surface area (Å²) in [7, 11) is 1.66. The second-order valence-corrected chi connectivity index (χ2v) is 5.52. The molecule has 1 unspecified atom stereocenters. The van der Waals surface area contributed by atoms with Crippen LogP contribution in [0, 0.1) is 5.92 Å². The maximum Gasteiger partial charge on any atom is 0.164 e. The van der Waals surface area contributed by atoms with Gasteiger partial charge in [0.25, 0.3) is 0 Å². The number of hydrogen-bond donors (Lipinski definition) is 0. The molecule has 116 valence electrons. The quantitative estimate of drug-likeness (QED) is 0.845. The number of nitrogens with zero attached hydrogens (tertiary/aromatic N) is 1. The van der Waals surface area contributed by atoms with Gasteiger partial charge in [-0.15, -0.1) is 12.4 Å². The van der Waals surface area contributed by atoms with Crippen LogP contribution in [0.2, 0.25) is 0 Å². The van der Waals surface area contributed by atoms with E-state index in [2.05, 4.69) is 6.92 Å². The molecule has 0 saturated heterocycles. The molecule has 0 spiro atoms. The second-order valence-electron chi connectivity index (χ2n) is 5.52. The fourth-order valence-electron chi connectivity index (χ4n) is 2.84. The Bertz CT molecular complexity index is 667. The van der Waals surface area contributed by atoms with Gasteiger partial charge in [0.2, 0.25) is 0 Å². The van der Waals surface area contributed by atoms with Gasteiger partial charge in [-0.05, 0) is 48.7 Å². The summed E-state index contributed by atoms with van der Waals surface area (Å²) in [6.07, 6.45) is 2.59. The summed E-state index contributed by atoms with van der Waals surface area (Å²) in [6.45, 7) is 2.14. The summed E-state index contributed by atoms with van der Waals surface area (Å²) in [5.74, 6) is 1.50. The lowest BCUT2D eigenvalue weighted by Gasteiger charge is -2.22. The van der Waals surface area contributed by atoms with Crippen LogP contribution < -0.4 is 4.74 Å². The van der Waals surface area contributed by atoms with E-state index in [0.29, 0.717) is 12.3 Å². The van der Waals surface area contributed by atoms with Crippen LogP contribution in [0.5, 0.6) is 5.75 Å². The SMILES string of the molecule is CCC1CC(=O)c2ccc(-c3ccc(OC)cc3)nc2C1.Cl. The fraction of sp³-hybridized carbons (Fsp3) is 0.333. The van der Waals surface area contributed by atoms with Crippen molar-refractivity contribution in [1.29, 1.82) is 0 Å². The van der Waals surface area contributed by atoms with Gasteiger partial charge in [0.1, 0.15) is 5.75 Å². The van der Waals surface area contributed by atoms with Crippen molar-refractivity contribution in [3.63, 3.8) is 0 Å². The average Bonchev–Trinajstić information content (AvgIpc) is 2.54. The Hall–Kier alpha value is -1.87. The molecule has 0 saturated carbocycles. The number of carbonyl (C=O) groups is 1. The number of pyridine rings is 1. The van der Waals surface area contributed by atoms with Crippen LogP contribution in [0.4, 0.5) is 0 Å². The minimum Gasteiger partial charge on any atom is -0.497 e. The van der Waals surface area contributed by atoms with Crippen molar-refractivity contribution in [2.24, 2.45) is 5.92 Å². The molecule has 0 bridgehead atoms. The van der Waals surface area contributed by atoms with Crippen LogP contribution >= 0.6 is 12.4 Å². The minimum atomic E-state index is 0. The van der Waals surface area contributed by atoms with E-state index >= 15 is 0 Å². The number of fused-ring (bicyclic) bond motifs is 1. The van der Waals surface area contributed by atoms with Crippen LogP contribution in [0.15, 0.2) is 36.4 Å². The first kappa shape index (κ1) is 16.5. The van der Waals surface area contributed by atoms with Gasteiger partial charge in [0.05, 0.1) is 18.5 Å². The molecule has 0 N–H and O–H groups in total. The number of hydrogen-bond acceptors (Lipinski definition) is 3. The van der Waals surface area contributed by atoms with Crippen LogP contribution in [0.3, 0.4) is 0 Å². The number of methoxy groups -OCH3 is 1. The van der Waals surface area contributed by atoms with E-state index < -0.39 is 0 Å². The summed E-state index contributed by atoms with van der Waals surface area (Å²) in [4.78, 5) is 16.9. The van der Waals surface area contributed by atoms with E-state index in [-0.39, 0.29) is 18.2 Å². The minimum absolute atomic E-state index is 0. The zero-order valence-corrected chi connectivity index (χ0v) is 13.7. The first-order valence-electron chi connectivity index (χ1n) is 7.38. The molecule has 3 nitrogen and oxygen atoms in total. The van der Waals surface area contributed by atoms with Crippen LogP contribution in [-0.4, -0.2) is 17.9 Å². The number of ketones is 1. The first-order valence-corrected chi connectivity index (χ1v) is 7.38. The predicted octanol–water partition coefficient (Wildman–Crippen LogP) is 4.33. The van der Waals surface area contributed by atoms with Gasteiger partial charge in [-0.1, -0.05) is 13.3 Å². The Kier molecular flexibility index (Phi) is 5.19. The second kappa shape index (κ2) is 6.93. The summed E-state index contributed by atoms with van der Waals surface area (Å²) in [5, 5.41) is 0. The molecule has 2 aromatic rings. The highest BCUT2D eigenvalue weighted by molar-refractivity contribution is 5.98.